The molecule has 0 radical (unpaired) electrons. The number of carbonyl (C=O) groups is 5. The van der Waals surface area contributed by atoms with Crippen molar-refractivity contribution < 1.29 is 33.4 Å². The van der Waals surface area contributed by atoms with E-state index in [0.29, 0.717) is 48.5 Å². The molecule has 1 saturated carbocycles. The van der Waals surface area contributed by atoms with E-state index in [1.807, 2.05) is 56.3 Å². The summed E-state index contributed by atoms with van der Waals surface area (Å²) in [4.78, 5) is 70.4. The van der Waals surface area contributed by atoms with Crippen LogP contribution >= 0.6 is 0 Å². The molecular weight excluding hydrogens is 761 g/mol. The van der Waals surface area contributed by atoms with Crippen LogP contribution in [0.15, 0.2) is 54.6 Å². The Hall–Kier alpha value is -5.58. The molecule has 2 N–H and O–H groups in total. The molecule has 1 unspecified atom stereocenters. The van der Waals surface area contributed by atoms with Crippen LogP contribution in [-0.4, -0.2) is 89.4 Å². The number of nitriles is 1. The first kappa shape index (κ1) is 41.2. The summed E-state index contributed by atoms with van der Waals surface area (Å²) in [5, 5.41) is 15.0. The molecule has 1 atom stereocenters. The van der Waals surface area contributed by atoms with Crippen molar-refractivity contribution in [3.05, 3.63) is 93.5 Å². The molecule has 5 amide bonds. The van der Waals surface area contributed by atoms with Crippen LogP contribution in [0.3, 0.4) is 0 Å². The van der Waals surface area contributed by atoms with Crippen LogP contribution in [0.2, 0.25) is 0 Å². The summed E-state index contributed by atoms with van der Waals surface area (Å²) < 4.78 is 13.0. The molecule has 0 spiro atoms. The highest BCUT2D eigenvalue weighted by atomic mass is 16.5. The Morgan fingerprint density at radius 1 is 0.900 bits per heavy atom. The second-order valence-corrected chi connectivity index (χ2v) is 18.2. The Balaban J connectivity index is 0.863. The number of nitrogens with zero attached hydrogens (tertiary/aromatic N) is 4. The van der Waals surface area contributed by atoms with Gasteiger partial charge in [0.15, 0.2) is 0 Å². The van der Waals surface area contributed by atoms with Gasteiger partial charge in [-0.25, -0.2) is 0 Å². The number of aryl methyl sites for hydroxylation is 1. The topological polar surface area (TPSA) is 161 Å². The van der Waals surface area contributed by atoms with Gasteiger partial charge in [0, 0.05) is 73.9 Å². The van der Waals surface area contributed by atoms with Crippen molar-refractivity contribution in [1.82, 2.24) is 20.4 Å². The van der Waals surface area contributed by atoms with Crippen molar-refractivity contribution in [3.63, 3.8) is 0 Å². The van der Waals surface area contributed by atoms with Gasteiger partial charge in [-0.15, -0.1) is 0 Å². The summed E-state index contributed by atoms with van der Waals surface area (Å²) in [6, 6.07) is 18.2. The number of nitrogens with one attached hydrogen (secondary N) is 2. The maximum absolute atomic E-state index is 13.6. The number of piperidine rings is 2. The molecule has 3 aromatic rings. The van der Waals surface area contributed by atoms with Crippen molar-refractivity contribution in [1.29, 1.82) is 5.26 Å². The molecule has 60 heavy (non-hydrogen) atoms. The van der Waals surface area contributed by atoms with Gasteiger partial charge in [-0.1, -0.05) is 34.6 Å². The molecule has 0 aromatic heterocycles. The van der Waals surface area contributed by atoms with Gasteiger partial charge in [0.1, 0.15) is 17.9 Å². The molecule has 2 saturated heterocycles. The van der Waals surface area contributed by atoms with Crippen LogP contribution in [0.1, 0.15) is 121 Å². The standard InChI is InChI=1S/C47H54N6O7/c1-7-28-21-34(14-11-30(28)24-48)60-44-45(3,4)43(46(44,5)6)50-39(55)29-9-12-33(13-10-29)52-19-17-47(18-20-52,59-8-2)27-51-25-31-22-35-36(23-32(31)26-51)42(58)53(41(35)57)37-15-16-38(54)49-40(37)56/h9-14,21-23,37,43-44H,7-8,15-20,25-27H2,1-6H3,(H,50,55)(H,49,54,56). The van der Waals surface area contributed by atoms with Gasteiger partial charge in [-0.05, 0) is 104 Å². The zero-order valence-corrected chi connectivity index (χ0v) is 35.4. The highest BCUT2D eigenvalue weighted by molar-refractivity contribution is 6.23. The fourth-order valence-electron chi connectivity index (χ4n) is 10.8. The minimum absolute atomic E-state index is 0.0827. The third-order valence-corrected chi connectivity index (χ3v) is 13.6. The predicted octanol–water partition coefficient (Wildman–Crippen LogP) is 5.53. The lowest BCUT2D eigenvalue weighted by molar-refractivity contribution is -0.164. The highest BCUT2D eigenvalue weighted by Gasteiger charge is 2.64. The molecule has 4 aliphatic heterocycles. The van der Waals surface area contributed by atoms with Crippen LogP contribution in [0.5, 0.6) is 5.75 Å². The molecule has 13 nitrogen and oxygen atoms in total. The molecule has 13 heteroatoms. The quantitative estimate of drug-likeness (QED) is 0.236. The first-order valence-corrected chi connectivity index (χ1v) is 21.2. The van der Waals surface area contributed by atoms with Crippen LogP contribution < -0.4 is 20.3 Å². The van der Waals surface area contributed by atoms with Crippen molar-refractivity contribution in [2.24, 2.45) is 10.8 Å². The average molecular weight is 815 g/mol. The zero-order chi connectivity index (χ0) is 42.7. The third kappa shape index (κ3) is 7.13. The van der Waals surface area contributed by atoms with Gasteiger partial charge in [0.25, 0.3) is 17.7 Å². The van der Waals surface area contributed by atoms with Gasteiger partial charge < -0.3 is 19.7 Å². The summed E-state index contributed by atoms with van der Waals surface area (Å²) in [5.41, 5.74) is 4.81. The second kappa shape index (κ2) is 15.5. The molecule has 3 fully saturated rings. The van der Waals surface area contributed by atoms with Crippen LogP contribution in [0, 0.1) is 22.2 Å². The fraction of sp³-hybridized carbons (Fsp3) is 0.489. The van der Waals surface area contributed by atoms with Gasteiger partial charge in [0.2, 0.25) is 11.8 Å². The maximum atomic E-state index is 13.6. The van der Waals surface area contributed by atoms with E-state index in [2.05, 4.69) is 54.2 Å². The molecule has 3 aromatic carbocycles. The maximum Gasteiger partial charge on any atom is 0.262 e. The molecule has 0 bridgehead atoms. The van der Waals surface area contributed by atoms with Gasteiger partial charge in [-0.2, -0.15) is 5.26 Å². The third-order valence-electron chi connectivity index (χ3n) is 13.6. The Kier molecular flexibility index (Phi) is 10.6. The second-order valence-electron chi connectivity index (χ2n) is 18.2. The highest BCUT2D eigenvalue weighted by Crippen LogP contribution is 2.55. The van der Waals surface area contributed by atoms with Crippen LogP contribution in [-0.2, 0) is 33.8 Å². The van der Waals surface area contributed by atoms with Crippen molar-refractivity contribution >= 4 is 35.2 Å². The Labute approximate surface area is 351 Å². The summed E-state index contributed by atoms with van der Waals surface area (Å²) in [7, 11) is 0. The Morgan fingerprint density at radius 2 is 1.53 bits per heavy atom. The van der Waals surface area contributed by atoms with Crippen molar-refractivity contribution in [2.75, 3.05) is 31.1 Å². The fourth-order valence-corrected chi connectivity index (χ4v) is 10.8. The van der Waals surface area contributed by atoms with E-state index in [9.17, 15) is 29.2 Å². The monoisotopic (exact) mass is 814 g/mol. The summed E-state index contributed by atoms with van der Waals surface area (Å²) in [5.74, 6) is -1.38. The van der Waals surface area contributed by atoms with E-state index < -0.39 is 29.7 Å². The normalized spacial score (nSPS) is 24.0. The van der Waals surface area contributed by atoms with Crippen LogP contribution in [0.25, 0.3) is 0 Å². The summed E-state index contributed by atoms with van der Waals surface area (Å²) >= 11 is 0. The largest absolute Gasteiger partial charge is 0.489 e. The van der Waals surface area contributed by atoms with E-state index in [1.165, 1.54) is 0 Å². The minimum Gasteiger partial charge on any atom is -0.489 e. The first-order chi connectivity index (χ1) is 28.6. The van der Waals surface area contributed by atoms with Crippen molar-refractivity contribution in [2.45, 2.75) is 111 Å². The molecule has 4 heterocycles. The lowest BCUT2D eigenvalue weighted by Gasteiger charge is -2.63. The molecule has 314 valence electrons. The molecule has 5 aliphatic rings. The lowest BCUT2D eigenvalue weighted by Crippen LogP contribution is -2.74. The number of ether oxygens (including phenoxy) is 2. The van der Waals surface area contributed by atoms with E-state index in [1.54, 1.807) is 12.1 Å². The lowest BCUT2D eigenvalue weighted by atomic mass is 9.49. The molecule has 8 rings (SSSR count). The van der Waals surface area contributed by atoms with E-state index in [4.69, 9.17) is 9.47 Å². The SMILES string of the molecule is CCOC1(CN2Cc3cc4c(cc3C2)C(=O)N(C2CCC(=O)NC2=O)C4=O)CCN(c2ccc(C(=O)NC3C(C)(C)C(Oc4ccc(C#N)c(CC)c4)C3(C)C)cc2)CC1. The zero-order valence-electron chi connectivity index (χ0n) is 35.4. The average Bonchev–Trinajstić information content (AvgIpc) is 3.73. The van der Waals surface area contributed by atoms with E-state index in [-0.39, 0.29) is 47.3 Å². The number of hydrogen-bond acceptors (Lipinski definition) is 10. The van der Waals surface area contributed by atoms with Crippen LogP contribution in [0.4, 0.5) is 5.69 Å². The number of benzene rings is 3. The number of imide groups is 2. The van der Waals surface area contributed by atoms with Gasteiger partial charge in [0.05, 0.1) is 28.4 Å². The summed E-state index contributed by atoms with van der Waals surface area (Å²) in [6.45, 7) is 16.6. The van der Waals surface area contributed by atoms with Crippen molar-refractivity contribution in [3.8, 4) is 11.8 Å². The molecular formula is C47H54N6O7. The predicted molar refractivity (Wildman–Crippen MR) is 223 cm³/mol. The van der Waals surface area contributed by atoms with Gasteiger partial charge >= 0.3 is 0 Å². The van der Waals surface area contributed by atoms with Gasteiger partial charge in [-0.3, -0.25) is 39.1 Å². The number of carbonyl (C=O) groups excluding carboxylic acids is 5. The number of amides is 5. The Bertz CT molecular complexity index is 2240. The number of rotatable bonds is 11. The Morgan fingerprint density at radius 3 is 2.10 bits per heavy atom. The number of hydrogen-bond donors (Lipinski definition) is 2. The minimum atomic E-state index is -0.986. The van der Waals surface area contributed by atoms with E-state index >= 15 is 0 Å². The number of anilines is 1. The summed E-state index contributed by atoms with van der Waals surface area (Å²) in [6.07, 6.45) is 2.42. The first-order valence-electron chi connectivity index (χ1n) is 21.2. The molecule has 1 aliphatic carbocycles. The smallest absolute Gasteiger partial charge is 0.262 e. The number of fused-ring (bicyclic) bond motifs is 2. The van der Waals surface area contributed by atoms with E-state index in [0.717, 1.165) is 65.4 Å².